The van der Waals surface area contributed by atoms with Crippen molar-refractivity contribution >= 4 is 11.6 Å². The summed E-state index contributed by atoms with van der Waals surface area (Å²) in [5.74, 6) is 0.898. The zero-order chi connectivity index (χ0) is 15.6. The van der Waals surface area contributed by atoms with E-state index in [4.69, 9.17) is 4.74 Å². The lowest BCUT2D eigenvalue weighted by Crippen LogP contribution is -2.53. The second-order valence-corrected chi connectivity index (χ2v) is 6.24. The molecular weight excluding hydrogens is 294 g/mol. The number of morpholine rings is 1. The first-order chi connectivity index (χ1) is 11.3. The van der Waals surface area contributed by atoms with Gasteiger partial charge in [0.1, 0.15) is 0 Å². The highest BCUT2D eigenvalue weighted by Crippen LogP contribution is 2.28. The minimum Gasteiger partial charge on any atom is -0.375 e. The zero-order valence-electron chi connectivity index (χ0n) is 12.9. The van der Waals surface area contributed by atoms with Gasteiger partial charge in [0.05, 0.1) is 19.3 Å². The molecule has 7 nitrogen and oxygen atoms in total. The van der Waals surface area contributed by atoms with E-state index in [0.29, 0.717) is 12.6 Å². The highest BCUT2D eigenvalue weighted by molar-refractivity contribution is 5.78. The standard InChI is InChI=1S/C16H21N5O2/c22-16(11-4-5-13-12(9-11)17-6-8-23-13)18-10-15-20-19-14-3-1-2-7-21(14)15/h1-3,7,11-13,17H,4-6,8-10H2,(H,18,22)/t11-,12+,13+/m0/s1. The topological polar surface area (TPSA) is 80.6 Å². The Morgan fingerprint density at radius 1 is 1.39 bits per heavy atom. The van der Waals surface area contributed by atoms with Crippen molar-refractivity contribution in [1.29, 1.82) is 0 Å². The van der Waals surface area contributed by atoms with E-state index in [1.54, 1.807) is 0 Å². The number of rotatable bonds is 3. The second-order valence-electron chi connectivity index (χ2n) is 6.24. The maximum atomic E-state index is 12.5. The lowest BCUT2D eigenvalue weighted by Gasteiger charge is -2.39. The minimum absolute atomic E-state index is 0.0460. The molecule has 2 aromatic heterocycles. The van der Waals surface area contributed by atoms with Gasteiger partial charge in [0.2, 0.25) is 5.91 Å². The molecule has 0 spiro atoms. The number of aromatic nitrogens is 3. The number of ether oxygens (including phenoxy) is 1. The van der Waals surface area contributed by atoms with Crippen molar-refractivity contribution in [2.24, 2.45) is 5.92 Å². The van der Waals surface area contributed by atoms with Gasteiger partial charge in [0.25, 0.3) is 0 Å². The molecule has 0 unspecified atom stereocenters. The van der Waals surface area contributed by atoms with E-state index in [-0.39, 0.29) is 17.9 Å². The number of nitrogens with zero attached hydrogens (tertiary/aromatic N) is 3. The van der Waals surface area contributed by atoms with Crippen LogP contribution in [-0.2, 0) is 16.1 Å². The number of fused-ring (bicyclic) bond motifs is 2. The van der Waals surface area contributed by atoms with Crippen LogP contribution < -0.4 is 10.6 Å². The Bertz CT molecular complexity index is 701. The molecule has 23 heavy (non-hydrogen) atoms. The second kappa shape index (κ2) is 6.25. The van der Waals surface area contributed by atoms with Gasteiger partial charge in [0, 0.05) is 24.7 Å². The van der Waals surface area contributed by atoms with Crippen LogP contribution in [0, 0.1) is 5.92 Å². The van der Waals surface area contributed by atoms with Crippen molar-refractivity contribution < 1.29 is 9.53 Å². The third-order valence-corrected chi connectivity index (χ3v) is 4.80. The lowest BCUT2D eigenvalue weighted by molar-refractivity contribution is -0.128. The first-order valence-corrected chi connectivity index (χ1v) is 8.22. The molecule has 3 heterocycles. The van der Waals surface area contributed by atoms with E-state index < -0.39 is 0 Å². The molecule has 0 radical (unpaired) electrons. The molecule has 4 rings (SSSR count). The Labute approximate surface area is 134 Å². The van der Waals surface area contributed by atoms with E-state index in [9.17, 15) is 4.79 Å². The van der Waals surface area contributed by atoms with E-state index in [0.717, 1.165) is 43.9 Å². The average Bonchev–Trinajstić information content (AvgIpc) is 3.02. The van der Waals surface area contributed by atoms with Crippen molar-refractivity contribution in [3.63, 3.8) is 0 Å². The summed E-state index contributed by atoms with van der Waals surface area (Å²) < 4.78 is 7.66. The summed E-state index contributed by atoms with van der Waals surface area (Å²) in [6.07, 6.45) is 4.86. The van der Waals surface area contributed by atoms with Gasteiger partial charge in [-0.3, -0.25) is 9.20 Å². The van der Waals surface area contributed by atoms with Gasteiger partial charge in [-0.1, -0.05) is 6.07 Å². The monoisotopic (exact) mass is 315 g/mol. The molecule has 2 fully saturated rings. The summed E-state index contributed by atoms with van der Waals surface area (Å²) in [7, 11) is 0. The predicted molar refractivity (Wildman–Crippen MR) is 83.7 cm³/mol. The fourth-order valence-corrected chi connectivity index (χ4v) is 3.57. The molecule has 1 amide bonds. The first-order valence-electron chi connectivity index (χ1n) is 8.22. The number of hydrogen-bond acceptors (Lipinski definition) is 5. The van der Waals surface area contributed by atoms with Crippen LogP contribution in [0.2, 0.25) is 0 Å². The van der Waals surface area contributed by atoms with Gasteiger partial charge in [-0.2, -0.15) is 0 Å². The van der Waals surface area contributed by atoms with Crippen molar-refractivity contribution in [1.82, 2.24) is 25.2 Å². The van der Waals surface area contributed by atoms with Crippen LogP contribution in [0.25, 0.3) is 5.65 Å². The zero-order valence-corrected chi connectivity index (χ0v) is 12.9. The Kier molecular flexibility index (Phi) is 3.97. The number of pyridine rings is 1. The van der Waals surface area contributed by atoms with Gasteiger partial charge >= 0.3 is 0 Å². The summed E-state index contributed by atoms with van der Waals surface area (Å²) >= 11 is 0. The maximum Gasteiger partial charge on any atom is 0.223 e. The largest absolute Gasteiger partial charge is 0.375 e. The number of amides is 1. The van der Waals surface area contributed by atoms with Gasteiger partial charge in [-0.15, -0.1) is 10.2 Å². The minimum atomic E-state index is 0.0460. The SMILES string of the molecule is O=C(NCc1nnc2ccccn12)[C@H]1CC[C@H]2OCCN[C@@H]2C1. The highest BCUT2D eigenvalue weighted by Gasteiger charge is 2.35. The Hall–Kier alpha value is -1.99. The molecule has 1 aliphatic carbocycles. The Balaban J connectivity index is 1.36. The Morgan fingerprint density at radius 3 is 3.30 bits per heavy atom. The molecule has 2 aliphatic rings. The van der Waals surface area contributed by atoms with E-state index in [1.165, 1.54) is 0 Å². The van der Waals surface area contributed by atoms with Gasteiger partial charge < -0.3 is 15.4 Å². The smallest absolute Gasteiger partial charge is 0.223 e. The van der Waals surface area contributed by atoms with Crippen molar-refractivity contribution in [2.75, 3.05) is 13.2 Å². The molecule has 1 aliphatic heterocycles. The fraction of sp³-hybridized carbons (Fsp3) is 0.562. The molecule has 1 saturated heterocycles. The van der Waals surface area contributed by atoms with Crippen LogP contribution in [0.3, 0.4) is 0 Å². The summed E-state index contributed by atoms with van der Waals surface area (Å²) in [6.45, 7) is 2.05. The summed E-state index contributed by atoms with van der Waals surface area (Å²) in [5, 5.41) is 14.7. The first kappa shape index (κ1) is 14.6. The molecule has 0 aromatic carbocycles. The van der Waals surface area contributed by atoms with Crippen LogP contribution in [0.1, 0.15) is 25.1 Å². The summed E-state index contributed by atoms with van der Waals surface area (Å²) in [5.41, 5.74) is 0.792. The van der Waals surface area contributed by atoms with Crippen LogP contribution in [0.15, 0.2) is 24.4 Å². The molecule has 2 N–H and O–H groups in total. The maximum absolute atomic E-state index is 12.5. The number of carbonyl (C=O) groups is 1. The van der Waals surface area contributed by atoms with Crippen LogP contribution in [0.4, 0.5) is 0 Å². The van der Waals surface area contributed by atoms with Crippen LogP contribution >= 0.6 is 0 Å². The van der Waals surface area contributed by atoms with Gasteiger partial charge in [0.15, 0.2) is 11.5 Å². The fourth-order valence-electron chi connectivity index (χ4n) is 3.57. The molecule has 1 saturated carbocycles. The van der Waals surface area contributed by atoms with Crippen molar-refractivity contribution in [3.8, 4) is 0 Å². The normalized spacial score (nSPS) is 27.6. The molecule has 122 valence electrons. The molecule has 3 atom stereocenters. The quantitative estimate of drug-likeness (QED) is 0.862. The van der Waals surface area contributed by atoms with Crippen molar-refractivity contribution in [3.05, 3.63) is 30.2 Å². The van der Waals surface area contributed by atoms with Gasteiger partial charge in [-0.05, 0) is 31.4 Å². The van der Waals surface area contributed by atoms with E-state index in [1.807, 2.05) is 28.8 Å². The summed E-state index contributed by atoms with van der Waals surface area (Å²) in [4.78, 5) is 12.5. The number of carbonyl (C=O) groups excluding carboxylic acids is 1. The van der Waals surface area contributed by atoms with Crippen LogP contribution in [0.5, 0.6) is 0 Å². The highest BCUT2D eigenvalue weighted by atomic mass is 16.5. The lowest BCUT2D eigenvalue weighted by atomic mass is 9.82. The number of nitrogens with one attached hydrogen (secondary N) is 2. The molecule has 7 heteroatoms. The third kappa shape index (κ3) is 2.94. The average molecular weight is 315 g/mol. The Morgan fingerprint density at radius 2 is 2.35 bits per heavy atom. The third-order valence-electron chi connectivity index (χ3n) is 4.80. The molecule has 2 aromatic rings. The molecule has 0 bridgehead atoms. The summed E-state index contributed by atoms with van der Waals surface area (Å²) in [6, 6.07) is 6.05. The van der Waals surface area contributed by atoms with E-state index in [2.05, 4.69) is 20.8 Å². The van der Waals surface area contributed by atoms with Gasteiger partial charge in [-0.25, -0.2) is 0 Å². The van der Waals surface area contributed by atoms with E-state index >= 15 is 0 Å². The predicted octanol–water partition coefficient (Wildman–Crippen LogP) is 0.503. The van der Waals surface area contributed by atoms with Crippen molar-refractivity contribution in [2.45, 2.75) is 38.0 Å². The van der Waals surface area contributed by atoms with Crippen LogP contribution in [-0.4, -0.2) is 45.8 Å². The molecular formula is C16H21N5O2. The number of hydrogen-bond donors (Lipinski definition) is 2.